The van der Waals surface area contributed by atoms with Crippen LogP contribution in [0.15, 0.2) is 36.5 Å². The number of unbranched alkanes of at least 4 members (excludes halogenated alkanes) is 19. The fourth-order valence-corrected chi connectivity index (χ4v) is 4.02. The molecule has 0 spiro atoms. The first-order valence-corrected chi connectivity index (χ1v) is 14.4. The van der Waals surface area contributed by atoms with Crippen molar-refractivity contribution in [1.29, 1.82) is 0 Å². The summed E-state index contributed by atoms with van der Waals surface area (Å²) in [6.45, 7) is 4.55. The van der Waals surface area contributed by atoms with E-state index in [9.17, 15) is 0 Å². The van der Waals surface area contributed by atoms with Gasteiger partial charge in [-0.1, -0.05) is 121 Å². The predicted octanol–water partition coefficient (Wildman–Crippen LogP) is 11.7. The van der Waals surface area contributed by atoms with E-state index < -0.39 is 0 Å². The Morgan fingerprint density at radius 2 is 0.452 bits per heavy atom. The zero-order valence-corrected chi connectivity index (χ0v) is 21.7. The van der Waals surface area contributed by atoms with Gasteiger partial charge in [0.2, 0.25) is 0 Å². The lowest BCUT2D eigenvalue weighted by Gasteiger charge is -2.00. The van der Waals surface area contributed by atoms with Gasteiger partial charge in [0.25, 0.3) is 0 Å². The summed E-state index contributed by atoms with van der Waals surface area (Å²) in [5.74, 6) is 0. The van der Waals surface area contributed by atoms with Crippen LogP contribution < -0.4 is 0 Å². The Balaban J connectivity index is 3.15. The van der Waals surface area contributed by atoms with Crippen molar-refractivity contribution in [2.45, 2.75) is 162 Å². The molecule has 0 fully saturated rings. The molecule has 0 rings (SSSR count). The molecular weight excluding hydrogens is 372 g/mol. The second kappa shape index (κ2) is 29.2. The van der Waals surface area contributed by atoms with Gasteiger partial charge >= 0.3 is 0 Å². The summed E-state index contributed by atoms with van der Waals surface area (Å²) >= 11 is 0. The van der Waals surface area contributed by atoms with Crippen molar-refractivity contribution < 1.29 is 0 Å². The molecule has 0 aromatic carbocycles. The summed E-state index contributed by atoms with van der Waals surface area (Å²) in [6.07, 6.45) is 45.9. The van der Waals surface area contributed by atoms with Crippen molar-refractivity contribution in [3.63, 3.8) is 0 Å². The zero-order chi connectivity index (χ0) is 22.5. The van der Waals surface area contributed by atoms with E-state index in [4.69, 9.17) is 0 Å². The lowest BCUT2D eigenvalue weighted by atomic mass is 10.1. The van der Waals surface area contributed by atoms with E-state index in [0.717, 1.165) is 0 Å². The predicted molar refractivity (Wildman–Crippen MR) is 145 cm³/mol. The minimum Gasteiger partial charge on any atom is -0.0885 e. The quantitative estimate of drug-likeness (QED) is 0.0997. The fraction of sp³-hybridized carbons (Fsp3) is 0.806. The number of hydrogen-bond donors (Lipinski definition) is 0. The highest BCUT2D eigenvalue weighted by Gasteiger charge is 1.91. The SMILES string of the molecule is CCCCC/C=C\CCCCCCCC/C=C/CCCCCCC/C=C/CCCCC. The van der Waals surface area contributed by atoms with Gasteiger partial charge < -0.3 is 0 Å². The second-order valence-corrected chi connectivity index (χ2v) is 9.45. The molecule has 0 bridgehead atoms. The topological polar surface area (TPSA) is 0 Å². The van der Waals surface area contributed by atoms with Crippen LogP contribution in [-0.2, 0) is 0 Å². The van der Waals surface area contributed by atoms with Gasteiger partial charge in [-0.2, -0.15) is 0 Å². The highest BCUT2D eigenvalue weighted by molar-refractivity contribution is 4.83. The third-order valence-electron chi connectivity index (χ3n) is 6.18. The Labute approximate surface area is 198 Å². The molecule has 0 unspecified atom stereocenters. The molecular formula is C31H58. The standard InChI is InChI=1S/C31H58/c1-3-5-7-9-11-13-15-17-19-21-23-25-27-29-31-30-28-26-24-22-20-18-16-14-12-10-8-6-4-2/h11-14,29,31H,3-10,15-28,30H2,1-2H3/b13-11+,14-12-,31-29+. The van der Waals surface area contributed by atoms with Crippen LogP contribution in [0, 0.1) is 0 Å². The van der Waals surface area contributed by atoms with E-state index in [0.29, 0.717) is 0 Å². The van der Waals surface area contributed by atoms with Crippen molar-refractivity contribution in [1.82, 2.24) is 0 Å². The molecule has 0 nitrogen and oxygen atoms in total. The van der Waals surface area contributed by atoms with E-state index in [1.807, 2.05) is 0 Å². The molecule has 0 atom stereocenters. The van der Waals surface area contributed by atoms with Crippen LogP contribution in [0.25, 0.3) is 0 Å². The van der Waals surface area contributed by atoms with E-state index in [2.05, 4.69) is 50.3 Å². The first-order chi connectivity index (χ1) is 15.4. The molecule has 0 aliphatic carbocycles. The van der Waals surface area contributed by atoms with Gasteiger partial charge in [-0.25, -0.2) is 0 Å². The van der Waals surface area contributed by atoms with Crippen molar-refractivity contribution in [2.24, 2.45) is 0 Å². The molecule has 0 radical (unpaired) electrons. The van der Waals surface area contributed by atoms with Crippen molar-refractivity contribution in [2.75, 3.05) is 0 Å². The van der Waals surface area contributed by atoms with E-state index in [-0.39, 0.29) is 0 Å². The summed E-state index contributed by atoms with van der Waals surface area (Å²) < 4.78 is 0. The number of allylic oxidation sites excluding steroid dienone is 6. The van der Waals surface area contributed by atoms with Gasteiger partial charge in [0.1, 0.15) is 0 Å². The van der Waals surface area contributed by atoms with Crippen molar-refractivity contribution in [3.8, 4) is 0 Å². The summed E-state index contributed by atoms with van der Waals surface area (Å²) in [4.78, 5) is 0. The summed E-state index contributed by atoms with van der Waals surface area (Å²) in [5, 5.41) is 0. The summed E-state index contributed by atoms with van der Waals surface area (Å²) in [6, 6.07) is 0. The molecule has 0 aromatic heterocycles. The third kappa shape index (κ3) is 29.2. The van der Waals surface area contributed by atoms with Gasteiger partial charge in [0.05, 0.1) is 0 Å². The van der Waals surface area contributed by atoms with Crippen LogP contribution in [0.4, 0.5) is 0 Å². The molecule has 0 N–H and O–H groups in total. The monoisotopic (exact) mass is 430 g/mol. The smallest absolute Gasteiger partial charge is 0.0351 e. The number of hydrogen-bond acceptors (Lipinski definition) is 0. The molecule has 0 heteroatoms. The van der Waals surface area contributed by atoms with Crippen LogP contribution in [0.3, 0.4) is 0 Å². The Morgan fingerprint density at radius 1 is 0.258 bits per heavy atom. The van der Waals surface area contributed by atoms with Crippen LogP contribution in [-0.4, -0.2) is 0 Å². The number of rotatable bonds is 25. The zero-order valence-electron chi connectivity index (χ0n) is 21.7. The molecule has 0 saturated carbocycles. The van der Waals surface area contributed by atoms with E-state index in [1.54, 1.807) is 0 Å². The first-order valence-electron chi connectivity index (χ1n) is 14.4. The van der Waals surface area contributed by atoms with E-state index >= 15 is 0 Å². The maximum absolute atomic E-state index is 2.44. The van der Waals surface area contributed by atoms with Gasteiger partial charge in [-0.05, 0) is 77.0 Å². The van der Waals surface area contributed by atoms with Crippen LogP contribution in [0.5, 0.6) is 0 Å². The molecule has 182 valence electrons. The summed E-state index contributed by atoms with van der Waals surface area (Å²) in [7, 11) is 0. The Hall–Kier alpha value is -0.780. The van der Waals surface area contributed by atoms with Crippen molar-refractivity contribution >= 4 is 0 Å². The molecule has 0 aliphatic heterocycles. The normalized spacial score (nSPS) is 12.2. The average molecular weight is 431 g/mol. The molecule has 0 saturated heterocycles. The van der Waals surface area contributed by atoms with Crippen LogP contribution in [0.2, 0.25) is 0 Å². The Bertz CT molecular complexity index is 387. The molecule has 0 aromatic rings. The Kier molecular flexibility index (Phi) is 28.5. The highest BCUT2D eigenvalue weighted by Crippen LogP contribution is 2.11. The maximum Gasteiger partial charge on any atom is -0.0351 e. The first kappa shape index (κ1) is 30.2. The molecule has 0 heterocycles. The molecule has 0 aliphatic rings. The average Bonchev–Trinajstić information content (AvgIpc) is 2.78. The van der Waals surface area contributed by atoms with Crippen LogP contribution in [0.1, 0.15) is 162 Å². The fourth-order valence-electron chi connectivity index (χ4n) is 4.02. The highest BCUT2D eigenvalue weighted by atomic mass is 14.0. The summed E-state index contributed by atoms with van der Waals surface area (Å²) in [5.41, 5.74) is 0. The second-order valence-electron chi connectivity index (χ2n) is 9.45. The maximum atomic E-state index is 2.44. The van der Waals surface area contributed by atoms with Gasteiger partial charge in [0, 0.05) is 0 Å². The Morgan fingerprint density at radius 3 is 0.677 bits per heavy atom. The molecule has 31 heavy (non-hydrogen) atoms. The molecule has 0 amide bonds. The van der Waals surface area contributed by atoms with E-state index in [1.165, 1.54) is 148 Å². The lowest BCUT2D eigenvalue weighted by Crippen LogP contribution is -1.80. The van der Waals surface area contributed by atoms with Gasteiger partial charge in [-0.15, -0.1) is 0 Å². The minimum atomic E-state index is 1.29. The largest absolute Gasteiger partial charge is 0.0885 e. The third-order valence-corrected chi connectivity index (χ3v) is 6.18. The van der Waals surface area contributed by atoms with Crippen LogP contribution >= 0.6 is 0 Å². The van der Waals surface area contributed by atoms with Gasteiger partial charge in [-0.3, -0.25) is 0 Å². The lowest BCUT2D eigenvalue weighted by molar-refractivity contribution is 0.598. The van der Waals surface area contributed by atoms with Gasteiger partial charge in [0.15, 0.2) is 0 Å². The minimum absolute atomic E-state index is 1.29. The van der Waals surface area contributed by atoms with Crippen molar-refractivity contribution in [3.05, 3.63) is 36.5 Å².